The molecule has 0 atom stereocenters. The predicted octanol–water partition coefficient (Wildman–Crippen LogP) is 3.71. The molecule has 0 unspecified atom stereocenters. The maximum atomic E-state index is 12.0. The third-order valence-electron chi connectivity index (χ3n) is 3.63. The summed E-state index contributed by atoms with van der Waals surface area (Å²) in [4.78, 5) is 23.8. The Bertz CT molecular complexity index is 1160. The van der Waals surface area contributed by atoms with E-state index in [0.29, 0.717) is 16.9 Å². The summed E-state index contributed by atoms with van der Waals surface area (Å²) in [7, 11) is 1.76. The lowest BCUT2D eigenvalue weighted by Crippen LogP contribution is -2.09. The monoisotopic (exact) mass is 413 g/mol. The number of rotatable bonds is 3. The van der Waals surface area contributed by atoms with Crippen LogP contribution in [0.15, 0.2) is 45.1 Å². The van der Waals surface area contributed by atoms with Gasteiger partial charge in [-0.15, -0.1) is 11.3 Å². The molecular formula is C17H12BrN5OS. The number of thiazole rings is 1. The van der Waals surface area contributed by atoms with E-state index in [1.165, 1.54) is 6.20 Å². The molecule has 0 saturated heterocycles. The fourth-order valence-electron chi connectivity index (χ4n) is 2.41. The molecule has 4 rings (SSSR count). The number of benzene rings is 1. The molecular weight excluding hydrogens is 402 g/mol. The summed E-state index contributed by atoms with van der Waals surface area (Å²) in [6.45, 7) is 0. The summed E-state index contributed by atoms with van der Waals surface area (Å²) in [5.74, 6) is 0.470. The average molecular weight is 414 g/mol. The van der Waals surface area contributed by atoms with Crippen molar-refractivity contribution in [2.45, 2.75) is 0 Å². The molecule has 3 aromatic heterocycles. The molecule has 124 valence electrons. The van der Waals surface area contributed by atoms with Crippen LogP contribution in [0.2, 0.25) is 0 Å². The van der Waals surface area contributed by atoms with Gasteiger partial charge >= 0.3 is 0 Å². The van der Waals surface area contributed by atoms with Crippen LogP contribution in [0.1, 0.15) is 11.5 Å². The van der Waals surface area contributed by atoms with E-state index in [4.69, 9.17) is 0 Å². The first-order chi connectivity index (χ1) is 12.1. The number of aryl methyl sites for hydroxylation is 1. The van der Waals surface area contributed by atoms with Gasteiger partial charge < -0.3 is 4.98 Å². The molecule has 8 heteroatoms. The Labute approximate surface area is 155 Å². The van der Waals surface area contributed by atoms with Gasteiger partial charge in [-0.2, -0.15) is 5.10 Å². The van der Waals surface area contributed by atoms with Gasteiger partial charge in [0.05, 0.1) is 11.9 Å². The first-order valence-corrected chi connectivity index (χ1v) is 9.09. The first-order valence-electron chi connectivity index (χ1n) is 7.42. The largest absolute Gasteiger partial charge is 0.306 e. The Balaban J connectivity index is 1.64. The third kappa shape index (κ3) is 3.18. The predicted molar refractivity (Wildman–Crippen MR) is 103 cm³/mol. The summed E-state index contributed by atoms with van der Waals surface area (Å²) < 4.78 is 2.60. The van der Waals surface area contributed by atoms with Crippen molar-refractivity contribution in [3.63, 3.8) is 0 Å². The SMILES string of the molecule is Cn1ncc2c(=O)[nH]c(/C=C/c3csc(-c4cccc(Br)c4)n3)nc21. The molecule has 0 aliphatic heterocycles. The quantitative estimate of drug-likeness (QED) is 0.555. The molecule has 0 radical (unpaired) electrons. The van der Waals surface area contributed by atoms with Crippen LogP contribution in [0.3, 0.4) is 0 Å². The highest BCUT2D eigenvalue weighted by molar-refractivity contribution is 9.10. The Hall–Kier alpha value is -2.58. The van der Waals surface area contributed by atoms with Crippen LogP contribution in [0.25, 0.3) is 33.8 Å². The van der Waals surface area contributed by atoms with Crippen molar-refractivity contribution in [3.05, 3.63) is 62.2 Å². The van der Waals surface area contributed by atoms with Crippen molar-refractivity contribution in [2.24, 2.45) is 7.05 Å². The zero-order chi connectivity index (χ0) is 17.4. The second-order valence-electron chi connectivity index (χ2n) is 5.38. The van der Waals surface area contributed by atoms with Gasteiger partial charge in [0.25, 0.3) is 5.56 Å². The van der Waals surface area contributed by atoms with E-state index < -0.39 is 0 Å². The maximum Gasteiger partial charge on any atom is 0.262 e. The minimum Gasteiger partial charge on any atom is -0.306 e. The standard InChI is InChI=1S/C17H12BrN5OS/c1-23-15-13(8-19-23)16(24)22-14(21-15)6-5-12-9-25-17(20-12)10-3-2-4-11(18)7-10/h2-9H,1H3,(H,21,22,24)/b6-5+. The van der Waals surface area contributed by atoms with Crippen molar-refractivity contribution in [1.82, 2.24) is 24.7 Å². The minimum atomic E-state index is -0.203. The van der Waals surface area contributed by atoms with Crippen molar-refractivity contribution in [3.8, 4) is 10.6 Å². The van der Waals surface area contributed by atoms with Crippen molar-refractivity contribution in [2.75, 3.05) is 0 Å². The van der Waals surface area contributed by atoms with Crippen molar-refractivity contribution in [1.29, 1.82) is 0 Å². The molecule has 0 fully saturated rings. The lowest BCUT2D eigenvalue weighted by Gasteiger charge is -1.96. The van der Waals surface area contributed by atoms with E-state index in [1.54, 1.807) is 29.1 Å². The molecule has 0 spiro atoms. The Kier molecular flexibility index (Phi) is 4.06. The fraction of sp³-hybridized carbons (Fsp3) is 0.0588. The Morgan fingerprint density at radius 1 is 1.28 bits per heavy atom. The van der Waals surface area contributed by atoms with E-state index in [9.17, 15) is 4.79 Å². The number of hydrogen-bond acceptors (Lipinski definition) is 5. The smallest absolute Gasteiger partial charge is 0.262 e. The molecule has 25 heavy (non-hydrogen) atoms. The van der Waals surface area contributed by atoms with Crippen LogP contribution in [-0.4, -0.2) is 24.7 Å². The zero-order valence-corrected chi connectivity index (χ0v) is 15.5. The molecule has 0 amide bonds. The summed E-state index contributed by atoms with van der Waals surface area (Å²) in [6.07, 6.45) is 5.09. The number of hydrogen-bond donors (Lipinski definition) is 1. The van der Waals surface area contributed by atoms with Crippen LogP contribution in [0, 0.1) is 0 Å². The lowest BCUT2D eigenvalue weighted by atomic mass is 10.2. The molecule has 4 aromatic rings. The topological polar surface area (TPSA) is 76.5 Å². The van der Waals surface area contributed by atoms with E-state index >= 15 is 0 Å². The zero-order valence-electron chi connectivity index (χ0n) is 13.1. The maximum absolute atomic E-state index is 12.0. The average Bonchev–Trinajstić information content (AvgIpc) is 3.21. The molecule has 1 N–H and O–H groups in total. The van der Waals surface area contributed by atoms with Crippen molar-refractivity contribution < 1.29 is 0 Å². The van der Waals surface area contributed by atoms with Crippen LogP contribution >= 0.6 is 27.3 Å². The Morgan fingerprint density at radius 3 is 3.00 bits per heavy atom. The van der Waals surface area contributed by atoms with Crippen LogP contribution in [0.4, 0.5) is 0 Å². The number of nitrogens with zero attached hydrogens (tertiary/aromatic N) is 4. The van der Waals surface area contributed by atoms with Gasteiger partial charge in [0, 0.05) is 22.5 Å². The van der Waals surface area contributed by atoms with Gasteiger partial charge in [-0.3, -0.25) is 9.48 Å². The van der Waals surface area contributed by atoms with Gasteiger partial charge in [-0.25, -0.2) is 9.97 Å². The molecule has 3 heterocycles. The number of halogens is 1. The number of nitrogens with one attached hydrogen (secondary N) is 1. The van der Waals surface area contributed by atoms with E-state index in [-0.39, 0.29) is 5.56 Å². The summed E-state index contributed by atoms with van der Waals surface area (Å²) in [5, 5.41) is 7.43. The summed E-state index contributed by atoms with van der Waals surface area (Å²) >= 11 is 5.04. The van der Waals surface area contributed by atoms with Gasteiger partial charge in [-0.05, 0) is 24.3 Å². The number of fused-ring (bicyclic) bond motifs is 1. The van der Waals surface area contributed by atoms with Gasteiger partial charge in [0.1, 0.15) is 16.2 Å². The van der Waals surface area contributed by atoms with E-state index in [0.717, 1.165) is 20.7 Å². The molecule has 0 aliphatic carbocycles. The highest BCUT2D eigenvalue weighted by atomic mass is 79.9. The lowest BCUT2D eigenvalue weighted by molar-refractivity contribution is 0.784. The van der Waals surface area contributed by atoms with Gasteiger partial charge in [0.15, 0.2) is 5.65 Å². The van der Waals surface area contributed by atoms with Crippen LogP contribution < -0.4 is 5.56 Å². The molecule has 1 aromatic carbocycles. The van der Waals surface area contributed by atoms with Crippen LogP contribution in [0.5, 0.6) is 0 Å². The normalized spacial score (nSPS) is 11.6. The number of aromatic nitrogens is 5. The third-order valence-corrected chi connectivity index (χ3v) is 5.03. The van der Waals surface area contributed by atoms with Crippen LogP contribution in [-0.2, 0) is 7.05 Å². The molecule has 0 saturated carbocycles. The number of H-pyrrole nitrogens is 1. The minimum absolute atomic E-state index is 0.203. The molecule has 0 aliphatic rings. The van der Waals surface area contributed by atoms with E-state index in [2.05, 4.69) is 36.0 Å². The van der Waals surface area contributed by atoms with E-state index in [1.807, 2.05) is 35.7 Å². The second-order valence-corrected chi connectivity index (χ2v) is 7.15. The highest BCUT2D eigenvalue weighted by Crippen LogP contribution is 2.26. The molecule has 0 bridgehead atoms. The molecule has 6 nitrogen and oxygen atoms in total. The summed E-state index contributed by atoms with van der Waals surface area (Å²) in [5.41, 5.74) is 2.22. The first kappa shape index (κ1) is 15.9. The highest BCUT2D eigenvalue weighted by Gasteiger charge is 2.07. The fourth-order valence-corrected chi connectivity index (χ4v) is 3.59. The Morgan fingerprint density at radius 2 is 2.16 bits per heavy atom. The van der Waals surface area contributed by atoms with Gasteiger partial charge in [0.2, 0.25) is 0 Å². The number of aromatic amines is 1. The van der Waals surface area contributed by atoms with Crippen molar-refractivity contribution >= 4 is 50.5 Å². The van der Waals surface area contributed by atoms with Gasteiger partial charge in [-0.1, -0.05) is 28.1 Å². The summed E-state index contributed by atoms with van der Waals surface area (Å²) in [6, 6.07) is 8.01. The second kappa shape index (κ2) is 6.38.